The Kier molecular flexibility index (Phi) is 4.58. The van der Waals surface area contributed by atoms with E-state index in [1.807, 2.05) is 13.0 Å². The fraction of sp³-hybridized carbons (Fsp3) is 0.267. The highest BCUT2D eigenvalue weighted by Gasteiger charge is 2.17. The summed E-state index contributed by atoms with van der Waals surface area (Å²) >= 11 is 0. The lowest BCUT2D eigenvalue weighted by Gasteiger charge is -2.19. The first-order valence-electron chi connectivity index (χ1n) is 6.30. The lowest BCUT2D eigenvalue weighted by Crippen LogP contribution is -2.24. The Balaban J connectivity index is 2.37. The summed E-state index contributed by atoms with van der Waals surface area (Å²) < 4.78 is 26.9. The Hall–Kier alpha value is -1.81. The minimum Gasteiger partial charge on any atom is -0.306 e. The van der Waals surface area contributed by atoms with E-state index in [4.69, 9.17) is 0 Å². The SMILES string of the molecule is CCCNC(c1cccnc1)c1ccc(F)cc1F. The van der Waals surface area contributed by atoms with Gasteiger partial charge in [0.05, 0.1) is 6.04 Å². The van der Waals surface area contributed by atoms with Crippen LogP contribution >= 0.6 is 0 Å². The van der Waals surface area contributed by atoms with Crippen molar-refractivity contribution >= 4 is 0 Å². The van der Waals surface area contributed by atoms with E-state index in [1.54, 1.807) is 18.5 Å². The summed E-state index contributed by atoms with van der Waals surface area (Å²) in [5, 5.41) is 3.26. The Labute approximate surface area is 111 Å². The smallest absolute Gasteiger partial charge is 0.131 e. The number of pyridine rings is 1. The number of nitrogens with one attached hydrogen (secondary N) is 1. The lowest BCUT2D eigenvalue weighted by atomic mass is 9.99. The van der Waals surface area contributed by atoms with E-state index < -0.39 is 11.6 Å². The van der Waals surface area contributed by atoms with Crippen LogP contribution in [-0.2, 0) is 0 Å². The van der Waals surface area contributed by atoms with Crippen molar-refractivity contribution < 1.29 is 8.78 Å². The number of rotatable bonds is 5. The van der Waals surface area contributed by atoms with Gasteiger partial charge in [-0.3, -0.25) is 4.98 Å². The predicted molar refractivity (Wildman–Crippen MR) is 70.7 cm³/mol. The molecular weight excluding hydrogens is 246 g/mol. The summed E-state index contributed by atoms with van der Waals surface area (Å²) in [7, 11) is 0. The van der Waals surface area contributed by atoms with Gasteiger partial charge in [-0.15, -0.1) is 0 Å². The molecule has 1 unspecified atom stereocenters. The van der Waals surface area contributed by atoms with Crippen molar-refractivity contribution in [2.45, 2.75) is 19.4 Å². The fourth-order valence-corrected chi connectivity index (χ4v) is 1.98. The normalized spacial score (nSPS) is 12.4. The molecule has 4 heteroatoms. The summed E-state index contributed by atoms with van der Waals surface area (Å²) in [6, 6.07) is 7.03. The van der Waals surface area contributed by atoms with Gasteiger partial charge in [-0.25, -0.2) is 8.78 Å². The van der Waals surface area contributed by atoms with Crippen LogP contribution in [0.5, 0.6) is 0 Å². The van der Waals surface area contributed by atoms with E-state index in [0.717, 1.165) is 24.6 Å². The van der Waals surface area contributed by atoms with Crippen LogP contribution in [0.4, 0.5) is 8.78 Å². The summed E-state index contributed by atoms with van der Waals surface area (Å²) in [6.07, 6.45) is 4.29. The minimum atomic E-state index is -0.568. The van der Waals surface area contributed by atoms with Crippen molar-refractivity contribution in [3.8, 4) is 0 Å². The standard InChI is InChI=1S/C15H16F2N2/c1-2-7-19-15(11-4-3-8-18-10-11)13-6-5-12(16)9-14(13)17/h3-6,8-10,15,19H,2,7H2,1H3. The van der Waals surface area contributed by atoms with Crippen LogP contribution in [0.3, 0.4) is 0 Å². The first kappa shape index (κ1) is 13.6. The average Bonchev–Trinajstić information content (AvgIpc) is 2.42. The predicted octanol–water partition coefficient (Wildman–Crippen LogP) is 3.45. The molecule has 0 aliphatic rings. The van der Waals surface area contributed by atoms with E-state index in [-0.39, 0.29) is 6.04 Å². The summed E-state index contributed by atoms with van der Waals surface area (Å²) in [5.41, 5.74) is 1.30. The second-order valence-electron chi connectivity index (χ2n) is 4.34. The molecule has 0 saturated carbocycles. The maximum atomic E-state index is 13.9. The molecule has 0 radical (unpaired) electrons. The zero-order chi connectivity index (χ0) is 13.7. The molecule has 0 bridgehead atoms. The van der Waals surface area contributed by atoms with Crippen molar-refractivity contribution in [1.82, 2.24) is 10.3 Å². The summed E-state index contributed by atoms with van der Waals surface area (Å²) in [6.45, 7) is 2.78. The Bertz CT molecular complexity index is 529. The van der Waals surface area contributed by atoms with Gasteiger partial charge in [-0.1, -0.05) is 19.1 Å². The Morgan fingerprint density at radius 2 is 2.11 bits per heavy atom. The van der Waals surface area contributed by atoms with Crippen molar-refractivity contribution in [2.24, 2.45) is 0 Å². The van der Waals surface area contributed by atoms with Crippen molar-refractivity contribution in [3.63, 3.8) is 0 Å². The van der Waals surface area contributed by atoms with E-state index in [0.29, 0.717) is 5.56 Å². The van der Waals surface area contributed by atoms with Crippen LogP contribution < -0.4 is 5.32 Å². The molecule has 1 aromatic carbocycles. The highest BCUT2D eigenvalue weighted by Crippen LogP contribution is 2.24. The van der Waals surface area contributed by atoms with Gasteiger partial charge in [0.1, 0.15) is 11.6 Å². The number of nitrogens with zero attached hydrogens (tertiary/aromatic N) is 1. The second kappa shape index (κ2) is 6.38. The molecule has 1 N–H and O–H groups in total. The molecule has 0 spiro atoms. The van der Waals surface area contributed by atoms with E-state index in [1.165, 1.54) is 12.1 Å². The molecule has 1 aromatic heterocycles. The molecule has 0 aliphatic carbocycles. The molecule has 0 fully saturated rings. The molecule has 1 heterocycles. The highest BCUT2D eigenvalue weighted by atomic mass is 19.1. The fourth-order valence-electron chi connectivity index (χ4n) is 1.98. The van der Waals surface area contributed by atoms with E-state index >= 15 is 0 Å². The largest absolute Gasteiger partial charge is 0.306 e. The first-order chi connectivity index (χ1) is 9.22. The van der Waals surface area contributed by atoms with Crippen LogP contribution in [-0.4, -0.2) is 11.5 Å². The monoisotopic (exact) mass is 262 g/mol. The molecule has 2 rings (SSSR count). The maximum absolute atomic E-state index is 13.9. The second-order valence-corrected chi connectivity index (χ2v) is 4.34. The Morgan fingerprint density at radius 1 is 1.26 bits per heavy atom. The number of hydrogen-bond donors (Lipinski definition) is 1. The molecule has 2 aromatic rings. The van der Waals surface area contributed by atoms with Crippen LogP contribution in [0.15, 0.2) is 42.7 Å². The topological polar surface area (TPSA) is 24.9 Å². The third kappa shape index (κ3) is 3.35. The van der Waals surface area contributed by atoms with Crippen LogP contribution in [0.1, 0.15) is 30.5 Å². The van der Waals surface area contributed by atoms with Crippen molar-refractivity contribution in [3.05, 3.63) is 65.5 Å². The number of benzene rings is 1. The third-order valence-electron chi connectivity index (χ3n) is 2.89. The molecule has 0 amide bonds. The molecular formula is C15H16F2N2. The Morgan fingerprint density at radius 3 is 2.74 bits per heavy atom. The number of hydrogen-bond acceptors (Lipinski definition) is 2. The zero-order valence-electron chi connectivity index (χ0n) is 10.7. The minimum absolute atomic E-state index is 0.311. The van der Waals surface area contributed by atoms with Gasteiger partial charge in [0.15, 0.2) is 0 Å². The molecule has 2 nitrogen and oxygen atoms in total. The van der Waals surface area contributed by atoms with Crippen LogP contribution in [0, 0.1) is 11.6 Å². The van der Waals surface area contributed by atoms with Crippen LogP contribution in [0.25, 0.3) is 0 Å². The highest BCUT2D eigenvalue weighted by molar-refractivity contribution is 5.31. The van der Waals surface area contributed by atoms with E-state index in [9.17, 15) is 8.78 Å². The van der Waals surface area contributed by atoms with Gasteiger partial charge in [0, 0.05) is 24.0 Å². The first-order valence-corrected chi connectivity index (χ1v) is 6.30. The van der Waals surface area contributed by atoms with Gasteiger partial charge >= 0.3 is 0 Å². The van der Waals surface area contributed by atoms with Crippen LogP contribution in [0.2, 0.25) is 0 Å². The average molecular weight is 262 g/mol. The van der Waals surface area contributed by atoms with Gasteiger partial charge in [0.2, 0.25) is 0 Å². The zero-order valence-corrected chi connectivity index (χ0v) is 10.7. The van der Waals surface area contributed by atoms with E-state index in [2.05, 4.69) is 10.3 Å². The molecule has 0 saturated heterocycles. The number of aromatic nitrogens is 1. The lowest BCUT2D eigenvalue weighted by molar-refractivity contribution is 0.532. The quantitative estimate of drug-likeness (QED) is 0.892. The summed E-state index contributed by atoms with van der Waals surface area (Å²) in [5.74, 6) is -1.11. The van der Waals surface area contributed by atoms with Gasteiger partial charge in [-0.05, 0) is 30.7 Å². The van der Waals surface area contributed by atoms with Gasteiger partial charge in [-0.2, -0.15) is 0 Å². The summed E-state index contributed by atoms with van der Waals surface area (Å²) in [4.78, 5) is 4.05. The molecule has 100 valence electrons. The number of halogens is 2. The molecule has 1 atom stereocenters. The van der Waals surface area contributed by atoms with Gasteiger partial charge in [0.25, 0.3) is 0 Å². The van der Waals surface area contributed by atoms with Crippen molar-refractivity contribution in [1.29, 1.82) is 0 Å². The van der Waals surface area contributed by atoms with Gasteiger partial charge < -0.3 is 5.32 Å². The molecule has 0 aliphatic heterocycles. The molecule has 19 heavy (non-hydrogen) atoms. The third-order valence-corrected chi connectivity index (χ3v) is 2.89. The van der Waals surface area contributed by atoms with Crippen molar-refractivity contribution in [2.75, 3.05) is 6.54 Å². The maximum Gasteiger partial charge on any atom is 0.131 e.